The smallest absolute Gasteiger partial charge is 0.223 e. The van der Waals surface area contributed by atoms with E-state index in [0.29, 0.717) is 40.1 Å². The summed E-state index contributed by atoms with van der Waals surface area (Å²) >= 11 is 1.46. The van der Waals surface area contributed by atoms with Gasteiger partial charge in [0.2, 0.25) is 11.9 Å². The van der Waals surface area contributed by atoms with E-state index in [4.69, 9.17) is 16.2 Å². The Bertz CT molecular complexity index is 1050. The zero-order chi connectivity index (χ0) is 21.1. The molecule has 0 bridgehead atoms. The molecule has 0 unspecified atom stereocenters. The molecule has 0 aliphatic carbocycles. The maximum atomic E-state index is 11.1. The van der Waals surface area contributed by atoms with E-state index in [1.165, 1.54) is 18.3 Å². The largest absolute Gasteiger partial charge is 0.492 e. The molecule has 1 fully saturated rings. The van der Waals surface area contributed by atoms with Crippen LogP contribution in [-0.4, -0.2) is 45.5 Å². The molecule has 3 heterocycles. The summed E-state index contributed by atoms with van der Waals surface area (Å²) in [6.07, 6.45) is 2.10. The van der Waals surface area contributed by atoms with Crippen LogP contribution in [0.15, 0.2) is 23.6 Å². The molecule has 1 aromatic carbocycles. The molecule has 1 aliphatic heterocycles. The Balaban J connectivity index is 1.30. The van der Waals surface area contributed by atoms with Crippen LogP contribution in [0.25, 0.3) is 10.9 Å². The van der Waals surface area contributed by atoms with Crippen LogP contribution in [-0.2, 0) is 11.3 Å². The number of benzene rings is 1. The summed E-state index contributed by atoms with van der Waals surface area (Å²) in [5, 5.41) is 6.09. The first-order valence-corrected chi connectivity index (χ1v) is 10.7. The minimum atomic E-state index is -0.0975. The number of ether oxygens (including phenoxy) is 1. The Morgan fingerprint density at radius 2 is 2.07 bits per heavy atom. The first kappa shape index (κ1) is 20.3. The van der Waals surface area contributed by atoms with Crippen molar-refractivity contribution in [3.05, 3.63) is 29.3 Å². The summed E-state index contributed by atoms with van der Waals surface area (Å²) in [5.74, 6) is 1.57. The fraction of sp³-hybridized carbons (Fsp3) is 0.400. The molecule has 30 heavy (non-hydrogen) atoms. The number of amides is 1. The van der Waals surface area contributed by atoms with Crippen molar-refractivity contribution in [1.29, 1.82) is 0 Å². The Morgan fingerprint density at radius 1 is 1.27 bits per heavy atom. The lowest BCUT2D eigenvalue weighted by Crippen LogP contribution is -2.35. The number of fused-ring (bicyclic) bond motifs is 1. The molecular weight excluding hydrogens is 402 g/mol. The van der Waals surface area contributed by atoms with Crippen LogP contribution in [0.4, 0.5) is 16.9 Å². The highest BCUT2D eigenvalue weighted by atomic mass is 32.1. The van der Waals surface area contributed by atoms with Gasteiger partial charge in [0.1, 0.15) is 11.6 Å². The van der Waals surface area contributed by atoms with Crippen LogP contribution in [0.5, 0.6) is 5.75 Å². The number of hydrogen-bond donors (Lipinski definition) is 3. The zero-order valence-electron chi connectivity index (χ0n) is 16.8. The molecule has 0 radical (unpaired) electrons. The van der Waals surface area contributed by atoms with Crippen LogP contribution in [0.2, 0.25) is 0 Å². The lowest BCUT2D eigenvalue weighted by atomic mass is 9.97. The van der Waals surface area contributed by atoms with Crippen molar-refractivity contribution < 1.29 is 9.53 Å². The molecular formula is C20H25N7O2S. The van der Waals surface area contributed by atoms with Gasteiger partial charge in [-0.25, -0.2) is 9.97 Å². The molecule has 4 rings (SSSR count). The highest BCUT2D eigenvalue weighted by Gasteiger charge is 2.21. The van der Waals surface area contributed by atoms with Crippen molar-refractivity contribution in [1.82, 2.24) is 19.9 Å². The first-order valence-electron chi connectivity index (χ1n) is 9.87. The van der Waals surface area contributed by atoms with Gasteiger partial charge in [-0.15, -0.1) is 11.3 Å². The second kappa shape index (κ2) is 8.80. The molecule has 1 aliphatic rings. The lowest BCUT2D eigenvalue weighted by molar-refractivity contribution is -0.114. The van der Waals surface area contributed by atoms with Gasteiger partial charge in [0.25, 0.3) is 0 Å². The molecule has 3 aromatic rings. The van der Waals surface area contributed by atoms with Gasteiger partial charge in [0.05, 0.1) is 23.2 Å². The predicted octanol–water partition coefficient (Wildman–Crippen LogP) is 2.50. The quantitative estimate of drug-likeness (QED) is 0.547. The number of rotatable bonds is 6. The number of nitrogens with one attached hydrogen (secondary N) is 1. The Morgan fingerprint density at radius 3 is 2.83 bits per heavy atom. The van der Waals surface area contributed by atoms with Crippen LogP contribution in [0.3, 0.4) is 0 Å². The number of carbonyl (C=O) groups is 1. The van der Waals surface area contributed by atoms with Gasteiger partial charge in [-0.1, -0.05) is 6.07 Å². The number of likely N-dealkylation sites (tertiary alicyclic amines) is 1. The number of carbonyl (C=O) groups excluding carboxylic acids is 1. The predicted molar refractivity (Wildman–Crippen MR) is 118 cm³/mol. The highest BCUT2D eigenvalue weighted by Crippen LogP contribution is 2.30. The lowest BCUT2D eigenvalue weighted by Gasteiger charge is -2.31. The molecule has 1 amide bonds. The maximum Gasteiger partial charge on any atom is 0.223 e. The first-order chi connectivity index (χ1) is 14.5. The number of nitrogens with two attached hydrogens (primary N) is 2. The fourth-order valence-electron chi connectivity index (χ4n) is 3.65. The van der Waals surface area contributed by atoms with E-state index in [1.807, 2.05) is 23.6 Å². The fourth-order valence-corrected chi connectivity index (χ4v) is 4.40. The molecule has 5 N–H and O–H groups in total. The van der Waals surface area contributed by atoms with E-state index < -0.39 is 0 Å². The third-order valence-corrected chi connectivity index (χ3v) is 5.94. The summed E-state index contributed by atoms with van der Waals surface area (Å²) in [5.41, 5.74) is 13.4. The van der Waals surface area contributed by atoms with Gasteiger partial charge in [-0.05, 0) is 44.0 Å². The van der Waals surface area contributed by atoms with E-state index in [2.05, 4.69) is 25.2 Å². The van der Waals surface area contributed by atoms with Gasteiger partial charge in [-0.3, -0.25) is 9.69 Å². The summed E-state index contributed by atoms with van der Waals surface area (Å²) in [6.45, 7) is 4.88. The normalized spacial score (nSPS) is 15.4. The van der Waals surface area contributed by atoms with E-state index >= 15 is 0 Å². The van der Waals surface area contributed by atoms with E-state index in [1.54, 1.807) is 0 Å². The minimum Gasteiger partial charge on any atom is -0.492 e. The third-order valence-electron chi connectivity index (χ3n) is 5.13. The SMILES string of the molecule is CC(=O)Nc1nc(CN2CCC(COc3cccc4nc(N)nc(N)c34)CC2)cs1. The Labute approximate surface area is 178 Å². The monoisotopic (exact) mass is 427 g/mol. The van der Waals surface area contributed by atoms with Crippen molar-refractivity contribution in [3.8, 4) is 5.75 Å². The van der Waals surface area contributed by atoms with Crippen molar-refractivity contribution >= 4 is 45.0 Å². The van der Waals surface area contributed by atoms with Gasteiger partial charge in [-0.2, -0.15) is 4.98 Å². The highest BCUT2D eigenvalue weighted by molar-refractivity contribution is 7.13. The molecule has 10 heteroatoms. The summed E-state index contributed by atoms with van der Waals surface area (Å²) in [7, 11) is 0. The van der Waals surface area contributed by atoms with Crippen LogP contribution in [0.1, 0.15) is 25.5 Å². The molecule has 158 valence electrons. The Kier molecular flexibility index (Phi) is 5.96. The number of nitrogen functional groups attached to an aromatic ring is 2. The molecule has 0 spiro atoms. The maximum absolute atomic E-state index is 11.1. The van der Waals surface area contributed by atoms with Crippen molar-refractivity contribution in [2.75, 3.05) is 36.5 Å². The number of aromatic nitrogens is 3. The van der Waals surface area contributed by atoms with Gasteiger partial charge in [0.15, 0.2) is 5.13 Å². The summed E-state index contributed by atoms with van der Waals surface area (Å²) in [4.78, 5) is 26.3. The Hall–Kier alpha value is -2.98. The van der Waals surface area contributed by atoms with Crippen LogP contribution < -0.4 is 21.5 Å². The topological polar surface area (TPSA) is 132 Å². The molecule has 0 atom stereocenters. The number of nitrogens with zero attached hydrogens (tertiary/aromatic N) is 4. The number of anilines is 3. The number of thiazole rings is 1. The molecule has 9 nitrogen and oxygen atoms in total. The van der Waals surface area contributed by atoms with Crippen molar-refractivity contribution in [2.24, 2.45) is 5.92 Å². The van der Waals surface area contributed by atoms with Gasteiger partial charge in [0, 0.05) is 18.8 Å². The molecule has 2 aromatic heterocycles. The number of piperidine rings is 1. The molecule has 1 saturated heterocycles. The number of hydrogen-bond acceptors (Lipinski definition) is 9. The van der Waals surface area contributed by atoms with Crippen LogP contribution in [0, 0.1) is 5.92 Å². The van der Waals surface area contributed by atoms with Gasteiger partial charge < -0.3 is 21.5 Å². The average molecular weight is 428 g/mol. The van der Waals surface area contributed by atoms with E-state index in [-0.39, 0.29) is 11.9 Å². The second-order valence-corrected chi connectivity index (χ2v) is 8.33. The van der Waals surface area contributed by atoms with Crippen LogP contribution >= 0.6 is 11.3 Å². The van der Waals surface area contributed by atoms with Crippen molar-refractivity contribution in [2.45, 2.75) is 26.3 Å². The molecule has 0 saturated carbocycles. The second-order valence-electron chi connectivity index (χ2n) is 7.47. The minimum absolute atomic E-state index is 0.0975. The standard InChI is InChI=1S/C20H25N7O2S/c1-12(28)23-20-24-14(11-30-20)9-27-7-5-13(6-8-27)10-29-16-4-2-3-15-17(16)18(21)26-19(22)25-15/h2-4,11,13H,5-10H2,1H3,(H,23,24,28)(H4,21,22,25,26). The van der Waals surface area contributed by atoms with E-state index in [9.17, 15) is 4.79 Å². The zero-order valence-corrected chi connectivity index (χ0v) is 17.6. The third kappa shape index (κ3) is 4.77. The van der Waals surface area contributed by atoms with Crippen molar-refractivity contribution in [3.63, 3.8) is 0 Å². The average Bonchev–Trinajstić information content (AvgIpc) is 3.13. The van der Waals surface area contributed by atoms with E-state index in [0.717, 1.165) is 38.2 Å². The summed E-state index contributed by atoms with van der Waals surface area (Å²) < 4.78 is 6.10. The van der Waals surface area contributed by atoms with Gasteiger partial charge >= 0.3 is 0 Å². The summed E-state index contributed by atoms with van der Waals surface area (Å²) in [6, 6.07) is 5.63.